The van der Waals surface area contributed by atoms with Gasteiger partial charge in [-0.3, -0.25) is 0 Å². The fourth-order valence-electron chi connectivity index (χ4n) is 1.37. The van der Waals surface area contributed by atoms with E-state index in [2.05, 4.69) is 10.3 Å². The van der Waals surface area contributed by atoms with Crippen LogP contribution >= 0.6 is 11.6 Å². The van der Waals surface area contributed by atoms with Gasteiger partial charge in [0.2, 0.25) is 5.89 Å². The molecule has 0 radical (unpaired) electrons. The van der Waals surface area contributed by atoms with Crippen molar-refractivity contribution in [3.05, 3.63) is 40.8 Å². The van der Waals surface area contributed by atoms with Gasteiger partial charge in [-0.15, -0.1) is 0 Å². The number of anilines is 2. The van der Waals surface area contributed by atoms with Gasteiger partial charge in [-0.05, 0) is 13.0 Å². The molecule has 17 heavy (non-hydrogen) atoms. The van der Waals surface area contributed by atoms with E-state index in [0.29, 0.717) is 18.1 Å². The molecule has 6 heteroatoms. The van der Waals surface area contributed by atoms with Crippen LogP contribution in [0, 0.1) is 12.7 Å². The summed E-state index contributed by atoms with van der Waals surface area (Å²) >= 11 is 5.66. The van der Waals surface area contributed by atoms with Crippen molar-refractivity contribution in [3.63, 3.8) is 0 Å². The molecule has 4 nitrogen and oxygen atoms in total. The van der Waals surface area contributed by atoms with Gasteiger partial charge in [0, 0.05) is 6.07 Å². The zero-order chi connectivity index (χ0) is 12.4. The quantitative estimate of drug-likeness (QED) is 0.828. The van der Waals surface area contributed by atoms with Crippen LogP contribution in [0.15, 0.2) is 22.7 Å². The van der Waals surface area contributed by atoms with E-state index in [4.69, 9.17) is 21.8 Å². The molecule has 1 aromatic carbocycles. The highest BCUT2D eigenvalue weighted by Crippen LogP contribution is 2.26. The lowest BCUT2D eigenvalue weighted by molar-refractivity contribution is 0.479. The van der Waals surface area contributed by atoms with Crippen molar-refractivity contribution in [2.45, 2.75) is 13.5 Å². The fraction of sp³-hybridized carbons (Fsp3) is 0.182. The average Bonchev–Trinajstić information content (AvgIpc) is 2.68. The van der Waals surface area contributed by atoms with Gasteiger partial charge in [0.25, 0.3) is 0 Å². The molecular weight excluding hydrogens is 245 g/mol. The van der Waals surface area contributed by atoms with E-state index in [1.807, 2.05) is 0 Å². The van der Waals surface area contributed by atoms with Crippen molar-refractivity contribution < 1.29 is 8.81 Å². The smallest absolute Gasteiger partial charge is 0.213 e. The summed E-state index contributed by atoms with van der Waals surface area (Å²) in [6.45, 7) is 2.17. The first-order valence-corrected chi connectivity index (χ1v) is 5.34. The molecule has 0 fully saturated rings. The minimum absolute atomic E-state index is 0.0188. The topological polar surface area (TPSA) is 64.1 Å². The van der Waals surface area contributed by atoms with Crippen molar-refractivity contribution in [3.8, 4) is 0 Å². The second kappa shape index (κ2) is 4.63. The standard InChI is InChI=1S/C11H11ClFN3O/c1-6-4-16-11(17-6)5-15-10-2-7(12)8(13)3-9(10)14/h2-4,15H,5,14H2,1H3. The zero-order valence-electron chi connectivity index (χ0n) is 9.13. The SMILES string of the molecule is Cc1cnc(CNc2cc(Cl)c(F)cc2N)o1. The van der Waals surface area contributed by atoms with Gasteiger partial charge in [-0.1, -0.05) is 11.6 Å². The number of oxazole rings is 1. The van der Waals surface area contributed by atoms with E-state index in [0.717, 1.165) is 5.76 Å². The fourth-order valence-corrected chi connectivity index (χ4v) is 1.53. The number of nitrogens with two attached hydrogens (primary N) is 1. The van der Waals surface area contributed by atoms with Crippen molar-refractivity contribution in [2.24, 2.45) is 0 Å². The number of hydrogen-bond acceptors (Lipinski definition) is 4. The molecule has 90 valence electrons. The van der Waals surface area contributed by atoms with E-state index >= 15 is 0 Å². The second-order valence-electron chi connectivity index (χ2n) is 3.57. The van der Waals surface area contributed by atoms with Crippen molar-refractivity contribution >= 4 is 23.0 Å². The third-order valence-corrected chi connectivity index (χ3v) is 2.48. The number of halogens is 2. The molecule has 1 heterocycles. The van der Waals surface area contributed by atoms with Crippen LogP contribution in [0.25, 0.3) is 0 Å². The van der Waals surface area contributed by atoms with Gasteiger partial charge in [0.15, 0.2) is 0 Å². The maximum atomic E-state index is 13.1. The summed E-state index contributed by atoms with van der Waals surface area (Å²) in [5.74, 6) is 0.718. The number of aromatic nitrogens is 1. The summed E-state index contributed by atoms with van der Waals surface area (Å²) in [5.41, 5.74) is 6.48. The summed E-state index contributed by atoms with van der Waals surface area (Å²) in [5, 5.41) is 3.00. The zero-order valence-corrected chi connectivity index (χ0v) is 9.88. The van der Waals surface area contributed by atoms with Gasteiger partial charge in [-0.2, -0.15) is 0 Å². The Labute approximate surface area is 103 Å². The maximum absolute atomic E-state index is 13.1. The van der Waals surface area contributed by atoms with Crippen LogP contribution in [0.5, 0.6) is 0 Å². The van der Waals surface area contributed by atoms with Crippen molar-refractivity contribution in [2.75, 3.05) is 11.1 Å². The normalized spacial score (nSPS) is 10.5. The van der Waals surface area contributed by atoms with Gasteiger partial charge >= 0.3 is 0 Å². The molecule has 0 aliphatic carbocycles. The van der Waals surface area contributed by atoms with Crippen LogP contribution in [-0.4, -0.2) is 4.98 Å². The molecule has 1 aromatic heterocycles. The molecule has 0 spiro atoms. The predicted octanol–water partition coefficient (Wildman–Crippen LogP) is 2.97. The van der Waals surface area contributed by atoms with Crippen LogP contribution in [0.2, 0.25) is 5.02 Å². The molecule has 0 saturated heterocycles. The highest BCUT2D eigenvalue weighted by molar-refractivity contribution is 6.31. The Morgan fingerprint density at radius 1 is 1.53 bits per heavy atom. The van der Waals surface area contributed by atoms with E-state index in [-0.39, 0.29) is 10.7 Å². The third-order valence-electron chi connectivity index (χ3n) is 2.19. The number of nitrogen functional groups attached to an aromatic ring is 1. The Hall–Kier alpha value is -1.75. The number of nitrogens with one attached hydrogen (secondary N) is 1. The van der Waals surface area contributed by atoms with E-state index in [9.17, 15) is 4.39 Å². The minimum Gasteiger partial charge on any atom is -0.444 e. The number of hydrogen-bond donors (Lipinski definition) is 2. The highest BCUT2D eigenvalue weighted by atomic mass is 35.5. The summed E-state index contributed by atoms with van der Waals surface area (Å²) in [6, 6.07) is 2.60. The number of aryl methyl sites for hydroxylation is 1. The van der Waals surface area contributed by atoms with Crippen molar-refractivity contribution in [1.29, 1.82) is 0 Å². The summed E-state index contributed by atoms with van der Waals surface area (Å²) in [6.07, 6.45) is 1.62. The molecule has 0 aliphatic rings. The number of rotatable bonds is 3. The van der Waals surface area contributed by atoms with Crippen LogP contribution in [0.4, 0.5) is 15.8 Å². The number of nitrogens with zero attached hydrogens (tertiary/aromatic N) is 1. The molecule has 0 unspecified atom stereocenters. The van der Waals surface area contributed by atoms with E-state index in [1.165, 1.54) is 12.1 Å². The molecule has 0 bridgehead atoms. The minimum atomic E-state index is -0.540. The molecule has 0 saturated carbocycles. The van der Waals surface area contributed by atoms with Gasteiger partial charge in [0.1, 0.15) is 11.6 Å². The molecule has 0 aliphatic heterocycles. The Kier molecular flexibility index (Phi) is 3.19. The molecule has 2 aromatic rings. The molecule has 0 atom stereocenters. The van der Waals surface area contributed by atoms with Crippen LogP contribution < -0.4 is 11.1 Å². The van der Waals surface area contributed by atoms with Gasteiger partial charge in [0.05, 0.1) is 29.1 Å². The maximum Gasteiger partial charge on any atom is 0.213 e. The largest absolute Gasteiger partial charge is 0.444 e. The first kappa shape index (κ1) is 11.7. The highest BCUT2D eigenvalue weighted by Gasteiger charge is 2.07. The molecular formula is C11H11ClFN3O. The van der Waals surface area contributed by atoms with Crippen LogP contribution in [-0.2, 0) is 6.54 Å². The van der Waals surface area contributed by atoms with Crippen LogP contribution in [0.3, 0.4) is 0 Å². The molecule has 2 rings (SSSR count). The molecule has 3 N–H and O–H groups in total. The number of benzene rings is 1. The summed E-state index contributed by atoms with van der Waals surface area (Å²) in [4.78, 5) is 4.02. The monoisotopic (exact) mass is 255 g/mol. The van der Waals surface area contributed by atoms with Crippen molar-refractivity contribution in [1.82, 2.24) is 4.98 Å². The summed E-state index contributed by atoms with van der Waals surface area (Å²) < 4.78 is 18.3. The Morgan fingerprint density at radius 3 is 2.94 bits per heavy atom. The first-order valence-electron chi connectivity index (χ1n) is 4.96. The average molecular weight is 256 g/mol. The lowest BCUT2D eigenvalue weighted by Crippen LogP contribution is -2.03. The molecule has 0 amide bonds. The Morgan fingerprint density at radius 2 is 2.29 bits per heavy atom. The Balaban J connectivity index is 2.11. The van der Waals surface area contributed by atoms with E-state index < -0.39 is 5.82 Å². The third kappa shape index (κ3) is 2.68. The van der Waals surface area contributed by atoms with Crippen LogP contribution in [0.1, 0.15) is 11.7 Å². The van der Waals surface area contributed by atoms with Gasteiger partial charge < -0.3 is 15.5 Å². The second-order valence-corrected chi connectivity index (χ2v) is 3.98. The summed E-state index contributed by atoms with van der Waals surface area (Å²) in [7, 11) is 0. The Bertz CT molecular complexity index is 542. The predicted molar refractivity (Wildman–Crippen MR) is 64.4 cm³/mol. The first-order chi connectivity index (χ1) is 8.06. The lowest BCUT2D eigenvalue weighted by Gasteiger charge is -2.08. The van der Waals surface area contributed by atoms with Gasteiger partial charge in [-0.25, -0.2) is 9.37 Å². The van der Waals surface area contributed by atoms with E-state index in [1.54, 1.807) is 13.1 Å². The lowest BCUT2D eigenvalue weighted by atomic mass is 10.2.